The van der Waals surface area contributed by atoms with Crippen molar-refractivity contribution in [2.75, 3.05) is 13.2 Å². The molecule has 0 radical (unpaired) electrons. The molecule has 1 N–H and O–H groups in total. The van der Waals surface area contributed by atoms with Crippen LogP contribution in [0.3, 0.4) is 0 Å². The first-order valence-corrected chi connectivity index (χ1v) is 9.39. The number of benzene rings is 1. The van der Waals surface area contributed by atoms with E-state index < -0.39 is 5.54 Å². The monoisotopic (exact) mass is 356 g/mol. The minimum Gasteiger partial charge on any atom is -0.491 e. The van der Waals surface area contributed by atoms with Gasteiger partial charge in [0.1, 0.15) is 17.9 Å². The molecule has 1 aliphatic heterocycles. The number of nitrogens with zero attached hydrogens (tertiary/aromatic N) is 1. The van der Waals surface area contributed by atoms with Gasteiger partial charge in [-0.25, -0.2) is 4.79 Å². The molecule has 1 saturated heterocycles. The molecule has 25 heavy (non-hydrogen) atoms. The number of thiophene rings is 1. The Balaban J connectivity index is 1.49. The van der Waals surface area contributed by atoms with Crippen LogP contribution in [0.25, 0.3) is 0 Å². The lowest BCUT2D eigenvalue weighted by Crippen LogP contribution is -2.46. The maximum Gasteiger partial charge on any atom is 0.325 e. The first kappa shape index (κ1) is 16.1. The maximum atomic E-state index is 13.1. The summed E-state index contributed by atoms with van der Waals surface area (Å²) in [6.07, 6.45) is 2.55. The Kier molecular flexibility index (Phi) is 4.00. The topological polar surface area (TPSA) is 58.6 Å². The third-order valence-corrected chi connectivity index (χ3v) is 5.98. The highest BCUT2D eigenvalue weighted by Gasteiger charge is 2.54. The van der Waals surface area contributed by atoms with E-state index >= 15 is 0 Å². The summed E-state index contributed by atoms with van der Waals surface area (Å²) >= 11 is 1.66. The molecule has 2 aliphatic rings. The molecule has 6 heteroatoms. The smallest absolute Gasteiger partial charge is 0.325 e. The number of carbonyl (C=O) groups is 2. The van der Waals surface area contributed by atoms with E-state index in [9.17, 15) is 9.59 Å². The number of amides is 3. The van der Waals surface area contributed by atoms with Crippen molar-refractivity contribution in [3.8, 4) is 5.75 Å². The van der Waals surface area contributed by atoms with E-state index in [1.807, 2.05) is 42.6 Å². The van der Waals surface area contributed by atoms with Gasteiger partial charge in [-0.15, -0.1) is 11.3 Å². The van der Waals surface area contributed by atoms with Gasteiger partial charge in [-0.2, -0.15) is 0 Å². The second-order valence-corrected chi connectivity index (χ2v) is 7.52. The highest BCUT2D eigenvalue weighted by atomic mass is 32.1. The quantitative estimate of drug-likeness (QED) is 0.856. The fourth-order valence-electron chi connectivity index (χ4n) is 3.71. The van der Waals surface area contributed by atoms with Crippen LogP contribution in [0.2, 0.25) is 0 Å². The van der Waals surface area contributed by atoms with Crippen molar-refractivity contribution in [1.82, 2.24) is 10.2 Å². The van der Waals surface area contributed by atoms with Crippen molar-refractivity contribution in [2.24, 2.45) is 0 Å². The molecule has 2 aromatic rings. The first-order chi connectivity index (χ1) is 12.1. The minimum atomic E-state index is -0.868. The third kappa shape index (κ3) is 2.61. The average molecular weight is 356 g/mol. The molecule has 0 unspecified atom stereocenters. The van der Waals surface area contributed by atoms with E-state index in [1.165, 1.54) is 9.78 Å². The second kappa shape index (κ2) is 6.19. The SMILES string of the molecule is Cc1ccccc1OCCN1C(=O)N[C@@]2(CCCc3sccc32)C1=O. The zero-order valence-corrected chi connectivity index (χ0v) is 14.9. The summed E-state index contributed by atoms with van der Waals surface area (Å²) in [6.45, 7) is 2.51. The van der Waals surface area contributed by atoms with Gasteiger partial charge in [-0.1, -0.05) is 18.2 Å². The van der Waals surface area contributed by atoms with Crippen LogP contribution in [0.5, 0.6) is 5.75 Å². The van der Waals surface area contributed by atoms with Gasteiger partial charge < -0.3 is 10.1 Å². The zero-order chi connectivity index (χ0) is 17.4. The molecular weight excluding hydrogens is 336 g/mol. The van der Waals surface area contributed by atoms with E-state index in [2.05, 4.69) is 5.32 Å². The van der Waals surface area contributed by atoms with Gasteiger partial charge in [-0.05, 0) is 49.3 Å². The molecular formula is C19H20N2O3S. The Morgan fingerprint density at radius 1 is 1.28 bits per heavy atom. The number of ether oxygens (including phenoxy) is 1. The maximum absolute atomic E-state index is 13.1. The van der Waals surface area contributed by atoms with Crippen molar-refractivity contribution < 1.29 is 14.3 Å². The molecule has 2 heterocycles. The zero-order valence-electron chi connectivity index (χ0n) is 14.1. The summed E-state index contributed by atoms with van der Waals surface area (Å²) in [7, 11) is 0. The number of carbonyl (C=O) groups excluding carboxylic acids is 2. The van der Waals surface area contributed by atoms with Crippen LogP contribution in [0.1, 0.15) is 28.8 Å². The molecule has 1 atom stereocenters. The molecule has 1 aromatic heterocycles. The van der Waals surface area contributed by atoms with Crippen molar-refractivity contribution in [2.45, 2.75) is 31.7 Å². The number of fused-ring (bicyclic) bond motifs is 2. The molecule has 1 fully saturated rings. The summed E-state index contributed by atoms with van der Waals surface area (Å²) in [5, 5.41) is 4.96. The highest BCUT2D eigenvalue weighted by molar-refractivity contribution is 7.10. The van der Waals surface area contributed by atoms with Gasteiger partial charge in [-0.3, -0.25) is 9.69 Å². The Bertz CT molecular complexity index is 832. The van der Waals surface area contributed by atoms with E-state index in [-0.39, 0.29) is 25.1 Å². The van der Waals surface area contributed by atoms with Crippen LogP contribution in [0.4, 0.5) is 4.79 Å². The molecule has 3 amide bonds. The van der Waals surface area contributed by atoms with Crippen molar-refractivity contribution in [3.63, 3.8) is 0 Å². The number of rotatable bonds is 4. The van der Waals surface area contributed by atoms with Crippen LogP contribution < -0.4 is 10.1 Å². The lowest BCUT2D eigenvalue weighted by molar-refractivity contribution is -0.132. The van der Waals surface area contributed by atoms with Crippen LogP contribution >= 0.6 is 11.3 Å². The Morgan fingerprint density at radius 3 is 2.96 bits per heavy atom. The molecule has 5 nitrogen and oxygen atoms in total. The van der Waals surface area contributed by atoms with E-state index in [0.717, 1.165) is 29.7 Å². The summed E-state index contributed by atoms with van der Waals surface area (Å²) in [5.74, 6) is 0.632. The molecule has 130 valence electrons. The number of hydrogen-bond acceptors (Lipinski definition) is 4. The largest absolute Gasteiger partial charge is 0.491 e. The summed E-state index contributed by atoms with van der Waals surface area (Å²) in [6, 6.07) is 9.37. The van der Waals surface area contributed by atoms with Crippen molar-refractivity contribution in [1.29, 1.82) is 0 Å². The Labute approximate surface area is 150 Å². The summed E-state index contributed by atoms with van der Waals surface area (Å²) in [5.41, 5.74) is 1.14. The lowest BCUT2D eigenvalue weighted by atomic mass is 9.80. The van der Waals surface area contributed by atoms with Crippen LogP contribution in [-0.4, -0.2) is 30.0 Å². The molecule has 1 aliphatic carbocycles. The number of para-hydroxylation sites is 1. The average Bonchev–Trinajstić information content (AvgIpc) is 3.17. The molecule has 0 saturated carbocycles. The van der Waals surface area contributed by atoms with Crippen LogP contribution in [-0.2, 0) is 16.8 Å². The summed E-state index contributed by atoms with van der Waals surface area (Å²) < 4.78 is 5.75. The molecule has 1 spiro atoms. The number of aryl methyl sites for hydroxylation is 2. The number of imide groups is 1. The van der Waals surface area contributed by atoms with E-state index in [1.54, 1.807) is 11.3 Å². The molecule has 0 bridgehead atoms. The minimum absolute atomic E-state index is 0.148. The molecule has 4 rings (SSSR count). The molecule has 1 aromatic carbocycles. The first-order valence-electron chi connectivity index (χ1n) is 8.51. The fraction of sp³-hybridized carbons (Fsp3) is 0.368. The Morgan fingerprint density at radius 2 is 2.12 bits per heavy atom. The Hall–Kier alpha value is -2.34. The van der Waals surface area contributed by atoms with Crippen molar-refractivity contribution in [3.05, 3.63) is 51.7 Å². The van der Waals surface area contributed by atoms with Crippen LogP contribution in [0, 0.1) is 6.92 Å². The predicted molar refractivity (Wildman–Crippen MR) is 95.9 cm³/mol. The third-order valence-electron chi connectivity index (χ3n) is 5.00. The van der Waals surface area contributed by atoms with Crippen LogP contribution in [0.15, 0.2) is 35.7 Å². The summed E-state index contributed by atoms with van der Waals surface area (Å²) in [4.78, 5) is 28.0. The number of nitrogens with one attached hydrogen (secondary N) is 1. The lowest BCUT2D eigenvalue weighted by Gasteiger charge is -2.31. The van der Waals surface area contributed by atoms with Gasteiger partial charge in [0.05, 0.1) is 6.54 Å². The number of hydrogen-bond donors (Lipinski definition) is 1. The van der Waals surface area contributed by atoms with Gasteiger partial charge in [0.25, 0.3) is 5.91 Å². The fourth-order valence-corrected chi connectivity index (χ4v) is 4.71. The van der Waals surface area contributed by atoms with E-state index in [4.69, 9.17) is 4.74 Å². The standard InChI is InChI=1S/C19H20N2O3S/c1-13-5-2-3-6-15(13)24-11-10-21-17(22)19(20-18(21)23)9-4-7-16-14(19)8-12-25-16/h2-3,5-6,8,12H,4,7,9-11H2,1H3,(H,20,23)/t19-/m1/s1. The normalized spacial score (nSPS) is 22.2. The van der Waals surface area contributed by atoms with Gasteiger partial charge in [0.15, 0.2) is 0 Å². The predicted octanol–water partition coefficient (Wildman–Crippen LogP) is 3.22. The van der Waals surface area contributed by atoms with Gasteiger partial charge in [0.2, 0.25) is 0 Å². The second-order valence-electron chi connectivity index (χ2n) is 6.52. The number of urea groups is 1. The van der Waals surface area contributed by atoms with E-state index in [0.29, 0.717) is 6.42 Å². The van der Waals surface area contributed by atoms with Gasteiger partial charge in [0, 0.05) is 10.4 Å². The highest BCUT2D eigenvalue weighted by Crippen LogP contribution is 2.42. The van der Waals surface area contributed by atoms with Crippen molar-refractivity contribution >= 4 is 23.3 Å². The van der Waals surface area contributed by atoms with Gasteiger partial charge >= 0.3 is 6.03 Å².